The summed E-state index contributed by atoms with van der Waals surface area (Å²) in [5.74, 6) is 0.0937. The van der Waals surface area contributed by atoms with E-state index in [0.29, 0.717) is 27.8 Å². The van der Waals surface area contributed by atoms with Crippen LogP contribution in [0.2, 0.25) is 5.02 Å². The number of fused-ring (bicyclic) bond motifs is 1. The maximum absolute atomic E-state index is 13.6. The van der Waals surface area contributed by atoms with E-state index in [1.54, 1.807) is 24.3 Å². The fraction of sp³-hybridized carbons (Fsp3) is 0.120. The largest absolute Gasteiger partial charge is 0.494 e. The average molecular weight is 463 g/mol. The second-order valence-corrected chi connectivity index (χ2v) is 8.83. The molecule has 0 unspecified atom stereocenters. The molecular weight excluding hydrogens is 444 g/mol. The van der Waals surface area contributed by atoms with Crippen LogP contribution in [0.3, 0.4) is 0 Å². The summed E-state index contributed by atoms with van der Waals surface area (Å²) >= 11 is 7.33. The number of hydrogen-bond acceptors (Lipinski definition) is 5. The normalized spacial score (nSPS) is 17.6. The van der Waals surface area contributed by atoms with Gasteiger partial charge in [-0.15, -0.1) is 0 Å². The summed E-state index contributed by atoms with van der Waals surface area (Å²) < 4.78 is 5.56. The molecule has 5 rings (SSSR count). The first-order valence-corrected chi connectivity index (χ1v) is 11.4. The molecule has 5 nitrogen and oxygen atoms in total. The maximum atomic E-state index is 13.6. The number of nitrogens with one attached hydrogen (secondary N) is 1. The molecule has 3 aromatic carbocycles. The molecule has 0 fully saturated rings. The lowest BCUT2D eigenvalue weighted by atomic mass is 9.98. The molecule has 0 aliphatic carbocycles. The highest BCUT2D eigenvalue weighted by Gasteiger charge is 2.45. The summed E-state index contributed by atoms with van der Waals surface area (Å²) in [4.78, 5) is 29.6. The molecule has 0 saturated heterocycles. The Kier molecular flexibility index (Phi) is 5.41. The zero-order valence-electron chi connectivity index (χ0n) is 17.2. The molecule has 32 heavy (non-hydrogen) atoms. The Balaban J connectivity index is 1.61. The molecule has 0 bridgehead atoms. The highest BCUT2D eigenvalue weighted by atomic mass is 35.5. The average Bonchev–Trinajstić information content (AvgIpc) is 2.95. The molecule has 2 aliphatic rings. The molecular formula is C25H19ClN2O3S. The number of carbonyl (C=O) groups excluding carboxylic acids is 2. The number of para-hydroxylation sites is 1. The fourth-order valence-corrected chi connectivity index (χ4v) is 5.11. The smallest absolute Gasteiger partial charge is 0.272 e. The van der Waals surface area contributed by atoms with E-state index in [1.165, 1.54) is 16.7 Å². The second kappa shape index (κ2) is 8.37. The van der Waals surface area contributed by atoms with Crippen molar-refractivity contribution < 1.29 is 14.3 Å². The second-order valence-electron chi connectivity index (χ2n) is 7.34. The molecule has 1 atom stereocenters. The molecule has 0 spiro atoms. The lowest BCUT2D eigenvalue weighted by molar-refractivity contribution is -0.120. The summed E-state index contributed by atoms with van der Waals surface area (Å²) in [5, 5.41) is 4.03. The van der Waals surface area contributed by atoms with Crippen LogP contribution in [0.1, 0.15) is 18.5 Å². The first kappa shape index (κ1) is 20.7. The van der Waals surface area contributed by atoms with Crippen molar-refractivity contribution in [1.29, 1.82) is 0 Å². The SMILES string of the molecule is CCOc1ccc([C@@H]2Nc3ccccc3SC3=C2C(=O)N(c2ccc(Cl)cc2)C3=O)cc1. The molecule has 7 heteroatoms. The number of rotatable bonds is 4. The molecule has 160 valence electrons. The van der Waals surface area contributed by atoms with E-state index in [0.717, 1.165) is 21.9 Å². The van der Waals surface area contributed by atoms with Crippen molar-refractivity contribution in [3.63, 3.8) is 0 Å². The van der Waals surface area contributed by atoms with Crippen molar-refractivity contribution in [2.45, 2.75) is 17.9 Å². The van der Waals surface area contributed by atoms with E-state index in [9.17, 15) is 9.59 Å². The number of anilines is 2. The topological polar surface area (TPSA) is 58.6 Å². The summed E-state index contributed by atoms with van der Waals surface area (Å²) in [5.41, 5.74) is 2.69. The summed E-state index contributed by atoms with van der Waals surface area (Å²) in [7, 11) is 0. The Labute approximate surface area is 195 Å². The van der Waals surface area contributed by atoms with Crippen LogP contribution in [0.25, 0.3) is 0 Å². The van der Waals surface area contributed by atoms with Gasteiger partial charge < -0.3 is 10.1 Å². The van der Waals surface area contributed by atoms with Gasteiger partial charge >= 0.3 is 0 Å². The predicted molar refractivity (Wildman–Crippen MR) is 127 cm³/mol. The number of nitrogens with zero attached hydrogens (tertiary/aromatic N) is 1. The van der Waals surface area contributed by atoms with Crippen molar-refractivity contribution in [3.05, 3.63) is 93.9 Å². The van der Waals surface area contributed by atoms with E-state index >= 15 is 0 Å². The third-order valence-electron chi connectivity index (χ3n) is 5.37. The standard InChI is InChI=1S/C25H19ClN2O3S/c1-2-31-18-13-7-15(8-14-18)22-21-23(32-20-6-4-3-5-19(20)27-22)25(30)28(24(21)29)17-11-9-16(26)10-12-17/h3-14,22,27H,2H2,1H3/t22-/m0/s1. The molecule has 2 amide bonds. The summed E-state index contributed by atoms with van der Waals surface area (Å²) in [6.07, 6.45) is 0. The van der Waals surface area contributed by atoms with Crippen LogP contribution >= 0.6 is 23.4 Å². The third kappa shape index (κ3) is 3.55. The fourth-order valence-electron chi connectivity index (χ4n) is 3.89. The summed E-state index contributed by atoms with van der Waals surface area (Å²) in [6.45, 7) is 2.50. The van der Waals surface area contributed by atoms with E-state index in [1.807, 2.05) is 55.5 Å². The van der Waals surface area contributed by atoms with Crippen molar-refractivity contribution in [2.75, 3.05) is 16.8 Å². The first-order chi connectivity index (χ1) is 15.6. The number of benzene rings is 3. The van der Waals surface area contributed by atoms with Crippen LogP contribution in [0.5, 0.6) is 5.75 Å². The number of ether oxygens (including phenoxy) is 1. The van der Waals surface area contributed by atoms with Crippen LogP contribution in [0.15, 0.2) is 88.2 Å². The van der Waals surface area contributed by atoms with E-state index in [-0.39, 0.29) is 11.8 Å². The molecule has 2 heterocycles. The minimum absolute atomic E-state index is 0.327. The van der Waals surface area contributed by atoms with Gasteiger partial charge in [0.15, 0.2) is 0 Å². The van der Waals surface area contributed by atoms with Crippen molar-refractivity contribution in [1.82, 2.24) is 0 Å². The van der Waals surface area contributed by atoms with Gasteiger partial charge in [0.05, 0.1) is 28.8 Å². The highest BCUT2D eigenvalue weighted by molar-refractivity contribution is 8.04. The number of thioether (sulfide) groups is 1. The van der Waals surface area contributed by atoms with Crippen molar-refractivity contribution >= 4 is 46.6 Å². The van der Waals surface area contributed by atoms with Crippen LogP contribution in [0.4, 0.5) is 11.4 Å². The lowest BCUT2D eigenvalue weighted by Gasteiger charge is -2.23. The third-order valence-corrected chi connectivity index (χ3v) is 6.80. The Hall–Kier alpha value is -3.22. The quantitative estimate of drug-likeness (QED) is 0.495. The lowest BCUT2D eigenvalue weighted by Crippen LogP contribution is -2.33. The molecule has 2 aliphatic heterocycles. The number of hydrogen-bond donors (Lipinski definition) is 1. The molecule has 0 radical (unpaired) electrons. The predicted octanol–water partition coefficient (Wildman–Crippen LogP) is 5.83. The zero-order valence-corrected chi connectivity index (χ0v) is 18.7. The Bertz CT molecular complexity index is 1240. The van der Waals surface area contributed by atoms with Crippen LogP contribution in [-0.4, -0.2) is 18.4 Å². The highest BCUT2D eigenvalue weighted by Crippen LogP contribution is 2.48. The minimum atomic E-state index is -0.481. The molecule has 0 saturated carbocycles. The van der Waals surface area contributed by atoms with Gasteiger partial charge in [0, 0.05) is 15.6 Å². The van der Waals surface area contributed by atoms with Gasteiger partial charge in [0.1, 0.15) is 5.75 Å². The minimum Gasteiger partial charge on any atom is -0.494 e. The van der Waals surface area contributed by atoms with Crippen LogP contribution < -0.4 is 15.0 Å². The van der Waals surface area contributed by atoms with E-state index < -0.39 is 6.04 Å². The Morgan fingerprint density at radius 2 is 1.69 bits per heavy atom. The Morgan fingerprint density at radius 3 is 2.41 bits per heavy atom. The van der Waals surface area contributed by atoms with Gasteiger partial charge in [-0.2, -0.15) is 0 Å². The van der Waals surface area contributed by atoms with Gasteiger partial charge in [0.25, 0.3) is 11.8 Å². The van der Waals surface area contributed by atoms with Gasteiger partial charge in [-0.25, -0.2) is 4.90 Å². The first-order valence-electron chi connectivity index (χ1n) is 10.2. The number of halogens is 1. The van der Waals surface area contributed by atoms with Crippen LogP contribution in [0, 0.1) is 0 Å². The molecule has 3 aromatic rings. The van der Waals surface area contributed by atoms with Gasteiger partial charge in [-0.3, -0.25) is 9.59 Å². The number of amides is 2. The molecule has 1 N–H and O–H groups in total. The monoisotopic (exact) mass is 462 g/mol. The van der Waals surface area contributed by atoms with E-state index in [2.05, 4.69) is 5.32 Å². The van der Waals surface area contributed by atoms with Gasteiger partial charge in [-0.1, -0.05) is 47.6 Å². The van der Waals surface area contributed by atoms with Crippen molar-refractivity contribution in [2.24, 2.45) is 0 Å². The van der Waals surface area contributed by atoms with Gasteiger partial charge in [-0.05, 0) is 61.0 Å². The Morgan fingerprint density at radius 1 is 0.969 bits per heavy atom. The van der Waals surface area contributed by atoms with Crippen molar-refractivity contribution in [3.8, 4) is 5.75 Å². The van der Waals surface area contributed by atoms with Gasteiger partial charge in [0.2, 0.25) is 0 Å². The van der Waals surface area contributed by atoms with E-state index in [4.69, 9.17) is 16.3 Å². The van der Waals surface area contributed by atoms with Crippen LogP contribution in [-0.2, 0) is 9.59 Å². The summed E-state index contributed by atoms with van der Waals surface area (Å²) in [6, 6.07) is 21.6. The number of carbonyl (C=O) groups is 2. The number of imide groups is 1. The molecule has 0 aromatic heterocycles. The zero-order chi connectivity index (χ0) is 22.2. The maximum Gasteiger partial charge on any atom is 0.272 e.